The molecule has 2 aromatic rings. The molecule has 1 heterocycles. The fourth-order valence-corrected chi connectivity index (χ4v) is 3.24. The zero-order valence-electron chi connectivity index (χ0n) is 13.4. The molecule has 0 amide bonds. The van der Waals surface area contributed by atoms with Crippen LogP contribution < -0.4 is 14.3 Å². The van der Waals surface area contributed by atoms with Gasteiger partial charge in [-0.1, -0.05) is 25.2 Å². The average molecular weight is 322 g/mol. The van der Waals surface area contributed by atoms with Crippen molar-refractivity contribution in [2.45, 2.75) is 20.4 Å². The number of methoxy groups -OCH3 is 2. The van der Waals surface area contributed by atoms with Crippen molar-refractivity contribution < 1.29 is 9.47 Å². The molecule has 0 aliphatic rings. The van der Waals surface area contributed by atoms with E-state index in [2.05, 4.69) is 23.7 Å². The van der Waals surface area contributed by atoms with Crippen LogP contribution in [0.15, 0.2) is 23.0 Å². The largest absolute Gasteiger partial charge is 0.497 e. The Morgan fingerprint density at radius 2 is 1.91 bits per heavy atom. The number of ether oxygens (including phenoxy) is 2. The summed E-state index contributed by atoms with van der Waals surface area (Å²) in [5.74, 6) is 1.45. The summed E-state index contributed by atoms with van der Waals surface area (Å²) in [5, 5.41) is 0. The second kappa shape index (κ2) is 7.47. The van der Waals surface area contributed by atoms with E-state index in [9.17, 15) is 4.79 Å². The van der Waals surface area contributed by atoms with Crippen LogP contribution in [0.1, 0.15) is 18.7 Å². The molecule has 5 nitrogen and oxygen atoms in total. The SMILES string of the molecule is CCN(CC)Cc1sc(=O)[nH]c1-c1cc(OC)ccc1OC. The van der Waals surface area contributed by atoms with E-state index >= 15 is 0 Å². The van der Waals surface area contributed by atoms with Crippen LogP contribution in [0.2, 0.25) is 0 Å². The Hall–Kier alpha value is -1.79. The minimum atomic E-state index is -0.0537. The van der Waals surface area contributed by atoms with Gasteiger partial charge in [-0.15, -0.1) is 0 Å². The van der Waals surface area contributed by atoms with Gasteiger partial charge in [0, 0.05) is 17.0 Å². The van der Waals surface area contributed by atoms with Crippen LogP contribution in [0, 0.1) is 0 Å². The number of thiazole rings is 1. The van der Waals surface area contributed by atoms with Crippen molar-refractivity contribution >= 4 is 11.3 Å². The Balaban J connectivity index is 2.50. The zero-order valence-corrected chi connectivity index (χ0v) is 14.3. The molecule has 0 atom stereocenters. The van der Waals surface area contributed by atoms with E-state index in [1.54, 1.807) is 14.2 Å². The Morgan fingerprint density at radius 1 is 1.18 bits per heavy atom. The van der Waals surface area contributed by atoms with Gasteiger partial charge >= 0.3 is 4.87 Å². The lowest BCUT2D eigenvalue weighted by Crippen LogP contribution is -2.21. The molecule has 0 bridgehead atoms. The molecule has 0 fully saturated rings. The number of benzene rings is 1. The number of H-pyrrole nitrogens is 1. The van der Waals surface area contributed by atoms with E-state index in [0.29, 0.717) is 0 Å². The Labute approximate surface area is 134 Å². The summed E-state index contributed by atoms with van der Waals surface area (Å²) in [7, 11) is 3.25. The van der Waals surface area contributed by atoms with Crippen molar-refractivity contribution in [2.75, 3.05) is 27.3 Å². The third kappa shape index (κ3) is 3.51. The molecule has 22 heavy (non-hydrogen) atoms. The van der Waals surface area contributed by atoms with Gasteiger partial charge in [0.05, 0.1) is 19.9 Å². The highest BCUT2D eigenvalue weighted by Crippen LogP contribution is 2.35. The topological polar surface area (TPSA) is 54.6 Å². The fourth-order valence-electron chi connectivity index (χ4n) is 2.35. The van der Waals surface area contributed by atoms with E-state index in [1.165, 1.54) is 11.3 Å². The van der Waals surface area contributed by atoms with Gasteiger partial charge in [0.1, 0.15) is 11.5 Å². The molecule has 0 unspecified atom stereocenters. The minimum Gasteiger partial charge on any atom is -0.497 e. The summed E-state index contributed by atoms with van der Waals surface area (Å²) >= 11 is 1.25. The van der Waals surface area contributed by atoms with Crippen molar-refractivity contribution in [3.8, 4) is 22.8 Å². The Kier molecular flexibility index (Phi) is 5.63. The second-order valence-electron chi connectivity index (χ2n) is 4.84. The summed E-state index contributed by atoms with van der Waals surface area (Å²) in [5.41, 5.74) is 1.67. The highest BCUT2D eigenvalue weighted by molar-refractivity contribution is 7.09. The third-order valence-electron chi connectivity index (χ3n) is 3.66. The molecule has 0 aliphatic heterocycles. The maximum atomic E-state index is 11.9. The summed E-state index contributed by atoms with van der Waals surface area (Å²) in [6.45, 7) is 6.86. The van der Waals surface area contributed by atoms with Gasteiger partial charge in [-0.25, -0.2) is 0 Å². The first-order valence-electron chi connectivity index (χ1n) is 7.29. The maximum Gasteiger partial charge on any atom is 0.305 e. The lowest BCUT2D eigenvalue weighted by Gasteiger charge is -2.18. The van der Waals surface area contributed by atoms with Crippen LogP contribution in [-0.4, -0.2) is 37.2 Å². The Morgan fingerprint density at radius 3 is 2.50 bits per heavy atom. The number of hydrogen-bond acceptors (Lipinski definition) is 5. The van der Waals surface area contributed by atoms with Crippen LogP contribution in [-0.2, 0) is 6.54 Å². The van der Waals surface area contributed by atoms with E-state index in [0.717, 1.165) is 47.3 Å². The highest BCUT2D eigenvalue weighted by atomic mass is 32.1. The molecule has 0 saturated carbocycles. The van der Waals surface area contributed by atoms with Crippen molar-refractivity contribution in [2.24, 2.45) is 0 Å². The van der Waals surface area contributed by atoms with Gasteiger partial charge in [-0.3, -0.25) is 9.69 Å². The van der Waals surface area contributed by atoms with Crippen molar-refractivity contribution in [3.63, 3.8) is 0 Å². The maximum absolute atomic E-state index is 11.9. The molecule has 0 saturated heterocycles. The molecule has 6 heteroatoms. The van der Waals surface area contributed by atoms with Gasteiger partial charge in [0.15, 0.2) is 0 Å². The number of aromatic nitrogens is 1. The summed E-state index contributed by atoms with van der Waals surface area (Å²) < 4.78 is 10.7. The highest BCUT2D eigenvalue weighted by Gasteiger charge is 2.17. The van der Waals surface area contributed by atoms with Crippen LogP contribution in [0.4, 0.5) is 0 Å². The first-order chi connectivity index (χ1) is 10.6. The molecular weight excluding hydrogens is 300 g/mol. The second-order valence-corrected chi connectivity index (χ2v) is 5.91. The molecule has 120 valence electrons. The lowest BCUT2D eigenvalue weighted by molar-refractivity contribution is 0.298. The fraction of sp³-hybridized carbons (Fsp3) is 0.438. The van der Waals surface area contributed by atoms with Crippen molar-refractivity contribution in [1.29, 1.82) is 0 Å². The molecule has 0 radical (unpaired) electrons. The minimum absolute atomic E-state index is 0.0537. The molecule has 2 rings (SSSR count). The third-order valence-corrected chi connectivity index (χ3v) is 4.53. The predicted octanol–water partition coefficient (Wildman–Crippen LogP) is 2.96. The summed E-state index contributed by atoms with van der Waals surface area (Å²) in [6.07, 6.45) is 0. The van der Waals surface area contributed by atoms with Gasteiger partial charge < -0.3 is 14.5 Å². The van der Waals surface area contributed by atoms with Crippen LogP contribution in [0.25, 0.3) is 11.3 Å². The smallest absolute Gasteiger partial charge is 0.305 e. The number of hydrogen-bond donors (Lipinski definition) is 1. The standard InChI is InChI=1S/C16H22N2O3S/c1-5-18(6-2)10-14-15(17-16(19)22-14)12-9-11(20-3)7-8-13(12)21-4/h7-9H,5-6,10H2,1-4H3,(H,17,19). The Bertz CT molecular complexity index is 674. The normalized spacial score (nSPS) is 11.0. The first-order valence-corrected chi connectivity index (χ1v) is 8.11. The van der Waals surface area contributed by atoms with Gasteiger partial charge in [-0.2, -0.15) is 0 Å². The molecule has 0 aliphatic carbocycles. The van der Waals surface area contributed by atoms with Gasteiger partial charge in [0.2, 0.25) is 0 Å². The zero-order chi connectivity index (χ0) is 16.1. The summed E-state index contributed by atoms with van der Waals surface area (Å²) in [4.78, 5) is 18.0. The van der Waals surface area contributed by atoms with E-state index in [1.807, 2.05) is 18.2 Å². The number of nitrogens with one attached hydrogen (secondary N) is 1. The predicted molar refractivity (Wildman–Crippen MR) is 90.1 cm³/mol. The number of aromatic amines is 1. The van der Waals surface area contributed by atoms with E-state index in [4.69, 9.17) is 9.47 Å². The number of nitrogens with zero attached hydrogens (tertiary/aromatic N) is 1. The van der Waals surface area contributed by atoms with Crippen LogP contribution in [0.3, 0.4) is 0 Å². The van der Waals surface area contributed by atoms with Crippen LogP contribution in [0.5, 0.6) is 11.5 Å². The van der Waals surface area contributed by atoms with Crippen molar-refractivity contribution in [3.05, 3.63) is 32.7 Å². The lowest BCUT2D eigenvalue weighted by atomic mass is 10.1. The van der Waals surface area contributed by atoms with Crippen molar-refractivity contribution in [1.82, 2.24) is 9.88 Å². The first kappa shape index (κ1) is 16.6. The van der Waals surface area contributed by atoms with Crippen LogP contribution >= 0.6 is 11.3 Å². The van der Waals surface area contributed by atoms with Gasteiger partial charge in [-0.05, 0) is 31.3 Å². The monoisotopic (exact) mass is 322 g/mol. The molecule has 1 aromatic heterocycles. The quantitative estimate of drug-likeness (QED) is 0.851. The molecule has 0 spiro atoms. The molecule has 1 aromatic carbocycles. The van der Waals surface area contributed by atoms with E-state index in [-0.39, 0.29) is 4.87 Å². The average Bonchev–Trinajstić information content (AvgIpc) is 2.92. The summed E-state index contributed by atoms with van der Waals surface area (Å²) in [6, 6.07) is 5.59. The van der Waals surface area contributed by atoms with Gasteiger partial charge in [0.25, 0.3) is 0 Å². The number of rotatable bonds is 7. The molecule has 1 N–H and O–H groups in total. The van der Waals surface area contributed by atoms with E-state index < -0.39 is 0 Å². The molecular formula is C16H22N2O3S.